The minimum Gasteiger partial charge on any atom is -0.378 e. The molecule has 8 heteroatoms. The van der Waals surface area contributed by atoms with Crippen molar-refractivity contribution in [3.05, 3.63) is 34.5 Å². The number of morpholine rings is 1. The second-order valence-electron chi connectivity index (χ2n) is 6.90. The Hall–Kier alpha value is -2.58. The topological polar surface area (TPSA) is 79.7 Å². The molecule has 7 nitrogen and oxygen atoms in total. The Balaban J connectivity index is 1.69. The Morgan fingerprint density at radius 3 is 3.00 bits per heavy atom. The number of ether oxygens (including phenoxy) is 1. The van der Waals surface area contributed by atoms with Crippen molar-refractivity contribution < 1.29 is 9.53 Å². The predicted octanol–water partition coefficient (Wildman–Crippen LogP) is 2.26. The van der Waals surface area contributed by atoms with Gasteiger partial charge in [0.1, 0.15) is 0 Å². The number of hydrogen-bond acceptors (Lipinski definition) is 8. The molecule has 2 atom stereocenters. The van der Waals surface area contributed by atoms with Gasteiger partial charge in [0.05, 0.1) is 40.6 Å². The Labute approximate surface area is 160 Å². The van der Waals surface area contributed by atoms with Crippen LogP contribution >= 0.6 is 11.3 Å². The van der Waals surface area contributed by atoms with Crippen molar-refractivity contribution in [2.45, 2.75) is 13.0 Å². The first-order valence-corrected chi connectivity index (χ1v) is 9.87. The normalized spacial score (nSPS) is 24.4. The average molecular weight is 381 g/mol. The van der Waals surface area contributed by atoms with E-state index in [9.17, 15) is 4.79 Å². The SMILES string of the molecule is CC1C=CC(c2nc(N3CCOCC3)c3sc(C=O)cc3n2)=C2C=NNC21. The second kappa shape index (κ2) is 6.54. The number of thiophene rings is 1. The van der Waals surface area contributed by atoms with Crippen LogP contribution in [0.4, 0.5) is 5.82 Å². The number of allylic oxidation sites excluding steroid dienone is 2. The summed E-state index contributed by atoms with van der Waals surface area (Å²) in [7, 11) is 0. The van der Waals surface area contributed by atoms with Crippen LogP contribution in [0.15, 0.2) is 28.9 Å². The first-order valence-electron chi connectivity index (χ1n) is 9.05. The molecule has 1 aliphatic carbocycles. The van der Waals surface area contributed by atoms with Crippen LogP contribution < -0.4 is 10.3 Å². The molecule has 0 bridgehead atoms. The van der Waals surface area contributed by atoms with Gasteiger partial charge in [-0.3, -0.25) is 4.79 Å². The fourth-order valence-electron chi connectivity index (χ4n) is 3.74. The van der Waals surface area contributed by atoms with Gasteiger partial charge in [0.15, 0.2) is 17.9 Å². The minimum atomic E-state index is 0.157. The molecule has 3 aliphatic rings. The lowest BCUT2D eigenvalue weighted by Crippen LogP contribution is -2.37. The molecule has 27 heavy (non-hydrogen) atoms. The van der Waals surface area contributed by atoms with Gasteiger partial charge in [-0.05, 0) is 6.07 Å². The van der Waals surface area contributed by atoms with Crippen LogP contribution in [0.25, 0.3) is 15.8 Å². The summed E-state index contributed by atoms with van der Waals surface area (Å²) in [5.74, 6) is 1.92. The van der Waals surface area contributed by atoms with Gasteiger partial charge in [0.2, 0.25) is 0 Å². The third-order valence-electron chi connectivity index (χ3n) is 5.20. The van der Waals surface area contributed by atoms with E-state index in [2.05, 4.69) is 34.5 Å². The number of carbonyl (C=O) groups excluding carboxylic acids is 1. The quantitative estimate of drug-likeness (QED) is 0.822. The summed E-state index contributed by atoms with van der Waals surface area (Å²) in [6, 6.07) is 2.00. The molecule has 0 radical (unpaired) electrons. The highest BCUT2D eigenvalue weighted by Crippen LogP contribution is 2.36. The van der Waals surface area contributed by atoms with Gasteiger partial charge in [0, 0.05) is 30.2 Å². The molecule has 0 saturated carbocycles. The van der Waals surface area contributed by atoms with E-state index in [1.54, 1.807) is 0 Å². The number of nitrogens with one attached hydrogen (secondary N) is 1. The molecule has 0 spiro atoms. The molecular weight excluding hydrogens is 362 g/mol. The van der Waals surface area contributed by atoms with E-state index in [-0.39, 0.29) is 6.04 Å². The van der Waals surface area contributed by atoms with Gasteiger partial charge in [0.25, 0.3) is 0 Å². The van der Waals surface area contributed by atoms with Gasteiger partial charge in [-0.2, -0.15) is 5.10 Å². The Bertz CT molecular complexity index is 1000. The van der Waals surface area contributed by atoms with Crippen molar-refractivity contribution in [2.75, 3.05) is 31.2 Å². The Kier molecular flexibility index (Phi) is 4.02. The zero-order valence-corrected chi connectivity index (χ0v) is 15.7. The van der Waals surface area contributed by atoms with Gasteiger partial charge < -0.3 is 15.1 Å². The van der Waals surface area contributed by atoms with Crippen molar-refractivity contribution in [2.24, 2.45) is 11.0 Å². The van der Waals surface area contributed by atoms with E-state index in [0.717, 1.165) is 46.6 Å². The fraction of sp³-hybridized carbons (Fsp3) is 0.368. The number of hydrogen-bond donors (Lipinski definition) is 1. The molecule has 2 unspecified atom stereocenters. The van der Waals surface area contributed by atoms with E-state index in [1.807, 2.05) is 12.3 Å². The smallest absolute Gasteiger partial charge is 0.162 e. The molecule has 0 amide bonds. The third kappa shape index (κ3) is 2.76. The molecule has 4 heterocycles. The predicted molar refractivity (Wildman–Crippen MR) is 106 cm³/mol. The van der Waals surface area contributed by atoms with Gasteiger partial charge in [-0.15, -0.1) is 11.3 Å². The van der Waals surface area contributed by atoms with Crippen molar-refractivity contribution in [1.82, 2.24) is 15.4 Å². The van der Waals surface area contributed by atoms with Crippen LogP contribution in [-0.2, 0) is 4.74 Å². The molecule has 2 aromatic rings. The summed E-state index contributed by atoms with van der Waals surface area (Å²) in [5.41, 5.74) is 6.09. The standard InChI is InChI=1S/C19H19N5O2S/c1-11-2-3-13(14-9-20-23-16(11)14)18-21-15-8-12(10-25)27-17(15)19(22-18)24-4-6-26-7-5-24/h2-3,8-11,16,23H,4-7H2,1H3. The van der Waals surface area contributed by atoms with Crippen molar-refractivity contribution >= 4 is 45.4 Å². The van der Waals surface area contributed by atoms with Gasteiger partial charge >= 0.3 is 0 Å². The van der Waals surface area contributed by atoms with E-state index in [0.29, 0.717) is 29.8 Å². The zero-order valence-electron chi connectivity index (χ0n) is 14.9. The second-order valence-corrected chi connectivity index (χ2v) is 7.99. The summed E-state index contributed by atoms with van der Waals surface area (Å²) in [5, 5.41) is 4.25. The van der Waals surface area contributed by atoms with Crippen molar-refractivity contribution in [3.63, 3.8) is 0 Å². The Morgan fingerprint density at radius 1 is 1.33 bits per heavy atom. The number of nitrogens with zero attached hydrogens (tertiary/aromatic N) is 4. The maximum atomic E-state index is 11.3. The first-order chi connectivity index (χ1) is 13.2. The van der Waals surface area contributed by atoms with Crippen molar-refractivity contribution in [3.8, 4) is 0 Å². The molecule has 1 saturated heterocycles. The largest absolute Gasteiger partial charge is 0.378 e. The van der Waals surface area contributed by atoms with Gasteiger partial charge in [-0.1, -0.05) is 19.1 Å². The summed E-state index contributed by atoms with van der Waals surface area (Å²) >= 11 is 1.44. The highest BCUT2D eigenvalue weighted by molar-refractivity contribution is 7.21. The minimum absolute atomic E-state index is 0.157. The molecular formula is C19H19N5O2S. The molecule has 5 rings (SSSR count). The molecule has 138 valence electrons. The lowest BCUT2D eigenvalue weighted by Gasteiger charge is -2.29. The number of anilines is 1. The number of aldehydes is 1. The summed E-state index contributed by atoms with van der Waals surface area (Å²) in [6.07, 6.45) is 7.00. The van der Waals surface area contributed by atoms with Crippen LogP contribution in [-0.4, -0.2) is 54.8 Å². The highest BCUT2D eigenvalue weighted by Gasteiger charge is 2.30. The number of aromatic nitrogens is 2. The third-order valence-corrected chi connectivity index (χ3v) is 6.24. The molecule has 1 fully saturated rings. The zero-order chi connectivity index (χ0) is 18.4. The number of carbonyl (C=O) groups is 1. The lowest BCUT2D eigenvalue weighted by atomic mass is 9.87. The Morgan fingerprint density at radius 2 is 2.19 bits per heavy atom. The van der Waals surface area contributed by atoms with Crippen LogP contribution in [0.2, 0.25) is 0 Å². The highest BCUT2D eigenvalue weighted by atomic mass is 32.1. The van der Waals surface area contributed by atoms with E-state index >= 15 is 0 Å². The maximum Gasteiger partial charge on any atom is 0.162 e. The summed E-state index contributed by atoms with van der Waals surface area (Å²) in [6.45, 7) is 5.08. The monoisotopic (exact) mass is 381 g/mol. The maximum absolute atomic E-state index is 11.3. The first kappa shape index (κ1) is 16.6. The molecule has 1 N–H and O–H groups in total. The van der Waals surface area contributed by atoms with E-state index in [1.165, 1.54) is 11.3 Å². The van der Waals surface area contributed by atoms with Crippen LogP contribution in [0.5, 0.6) is 0 Å². The summed E-state index contributed by atoms with van der Waals surface area (Å²) in [4.78, 5) is 23.9. The molecule has 2 aromatic heterocycles. The molecule has 0 aromatic carbocycles. The lowest BCUT2D eigenvalue weighted by molar-refractivity contribution is 0.112. The van der Waals surface area contributed by atoms with E-state index in [4.69, 9.17) is 14.7 Å². The average Bonchev–Trinajstić information content (AvgIpc) is 3.35. The van der Waals surface area contributed by atoms with E-state index < -0.39 is 0 Å². The number of fused-ring (bicyclic) bond motifs is 2. The van der Waals surface area contributed by atoms with Crippen LogP contribution in [0, 0.1) is 5.92 Å². The summed E-state index contributed by atoms with van der Waals surface area (Å²) < 4.78 is 6.45. The van der Waals surface area contributed by atoms with Crippen LogP contribution in [0.3, 0.4) is 0 Å². The van der Waals surface area contributed by atoms with Crippen LogP contribution in [0.1, 0.15) is 22.4 Å². The number of hydrazone groups is 1. The number of rotatable bonds is 3. The van der Waals surface area contributed by atoms with Gasteiger partial charge in [-0.25, -0.2) is 9.97 Å². The molecule has 2 aliphatic heterocycles. The fourth-order valence-corrected chi connectivity index (χ4v) is 4.66. The van der Waals surface area contributed by atoms with Crippen molar-refractivity contribution in [1.29, 1.82) is 0 Å².